The highest BCUT2D eigenvalue weighted by Gasteiger charge is 2.41. The molecule has 1 saturated heterocycles. The highest BCUT2D eigenvalue weighted by molar-refractivity contribution is 5.80. The van der Waals surface area contributed by atoms with Crippen LogP contribution in [-0.2, 0) is 11.2 Å². The van der Waals surface area contributed by atoms with Gasteiger partial charge < -0.3 is 9.64 Å². The molecule has 0 spiro atoms. The lowest BCUT2D eigenvalue weighted by atomic mass is 9.79. The van der Waals surface area contributed by atoms with Gasteiger partial charge in [-0.3, -0.25) is 4.79 Å². The maximum absolute atomic E-state index is 11.8. The summed E-state index contributed by atoms with van der Waals surface area (Å²) in [6.07, 6.45) is 2.81. The third-order valence-electron chi connectivity index (χ3n) is 4.21. The van der Waals surface area contributed by atoms with Crippen LogP contribution in [-0.4, -0.2) is 31.0 Å². The third-order valence-corrected chi connectivity index (χ3v) is 4.21. The number of fused-ring (bicyclic) bond motifs is 3. The minimum Gasteiger partial charge on any atom is -0.497 e. The van der Waals surface area contributed by atoms with E-state index in [0.717, 1.165) is 18.6 Å². The van der Waals surface area contributed by atoms with Crippen molar-refractivity contribution in [1.29, 1.82) is 0 Å². The molecule has 1 amide bonds. The van der Waals surface area contributed by atoms with Crippen LogP contribution in [0.15, 0.2) is 18.2 Å². The van der Waals surface area contributed by atoms with Crippen molar-refractivity contribution in [2.24, 2.45) is 0 Å². The second kappa shape index (κ2) is 3.76. The van der Waals surface area contributed by atoms with E-state index in [0.29, 0.717) is 18.4 Å². The smallest absolute Gasteiger partial charge is 0.223 e. The molecule has 3 rings (SSSR count). The van der Waals surface area contributed by atoms with Crippen molar-refractivity contribution in [3.63, 3.8) is 0 Å². The Morgan fingerprint density at radius 2 is 2.24 bits per heavy atom. The zero-order valence-corrected chi connectivity index (χ0v) is 10.3. The number of nitrogens with zero attached hydrogens (tertiary/aromatic N) is 1. The van der Waals surface area contributed by atoms with Gasteiger partial charge in [-0.1, -0.05) is 6.07 Å². The quantitative estimate of drug-likeness (QED) is 0.739. The Morgan fingerprint density at radius 3 is 3.00 bits per heavy atom. The molecule has 0 unspecified atom stereocenters. The van der Waals surface area contributed by atoms with Gasteiger partial charge in [0.25, 0.3) is 0 Å². The number of hydrogen-bond acceptors (Lipinski definition) is 2. The largest absolute Gasteiger partial charge is 0.497 e. The predicted molar refractivity (Wildman–Crippen MR) is 65.2 cm³/mol. The topological polar surface area (TPSA) is 29.5 Å². The number of amides is 1. The summed E-state index contributed by atoms with van der Waals surface area (Å²) in [6.45, 7) is 0. The van der Waals surface area contributed by atoms with Gasteiger partial charge in [-0.2, -0.15) is 0 Å². The molecule has 0 N–H and O–H groups in total. The maximum atomic E-state index is 11.8. The van der Waals surface area contributed by atoms with E-state index in [1.165, 1.54) is 11.1 Å². The molecule has 1 heterocycles. The van der Waals surface area contributed by atoms with Crippen LogP contribution in [0, 0.1) is 0 Å². The van der Waals surface area contributed by atoms with Crippen LogP contribution < -0.4 is 4.74 Å². The standard InChI is InChI=1S/C14H17NO2/c1-15-13-6-4-9-3-5-10(17-2)7-11(9)12(13)8-14(15)16/h3,5,7,12-13H,4,6,8H2,1-2H3/t12-,13+/m1/s1. The Hall–Kier alpha value is -1.51. The summed E-state index contributed by atoms with van der Waals surface area (Å²) in [5.74, 6) is 1.54. The van der Waals surface area contributed by atoms with Crippen LogP contribution in [0.3, 0.4) is 0 Å². The molecule has 17 heavy (non-hydrogen) atoms. The molecular weight excluding hydrogens is 214 g/mol. The first-order valence-corrected chi connectivity index (χ1v) is 6.13. The van der Waals surface area contributed by atoms with Crippen molar-refractivity contribution >= 4 is 5.91 Å². The van der Waals surface area contributed by atoms with Crippen molar-refractivity contribution in [2.45, 2.75) is 31.2 Å². The molecule has 0 radical (unpaired) electrons. The Balaban J connectivity index is 2.03. The van der Waals surface area contributed by atoms with Crippen LogP contribution in [0.4, 0.5) is 0 Å². The Morgan fingerprint density at radius 1 is 1.41 bits per heavy atom. The highest BCUT2D eigenvalue weighted by Crippen LogP contribution is 2.42. The molecule has 3 nitrogen and oxygen atoms in total. The lowest BCUT2D eigenvalue weighted by Gasteiger charge is -2.31. The molecule has 2 atom stereocenters. The number of likely N-dealkylation sites (tertiary alicyclic amines) is 1. The van der Waals surface area contributed by atoms with E-state index in [9.17, 15) is 4.79 Å². The summed E-state index contributed by atoms with van der Waals surface area (Å²) < 4.78 is 5.28. The van der Waals surface area contributed by atoms with Crippen molar-refractivity contribution in [1.82, 2.24) is 4.90 Å². The van der Waals surface area contributed by atoms with Crippen LogP contribution in [0.25, 0.3) is 0 Å². The summed E-state index contributed by atoms with van der Waals surface area (Å²) in [5, 5.41) is 0. The number of carbonyl (C=O) groups is 1. The Kier molecular flexibility index (Phi) is 2.35. The molecule has 1 aliphatic heterocycles. The molecule has 0 aromatic heterocycles. The second-order valence-electron chi connectivity index (χ2n) is 4.99. The van der Waals surface area contributed by atoms with Crippen LogP contribution in [0.5, 0.6) is 5.75 Å². The van der Waals surface area contributed by atoms with Gasteiger partial charge >= 0.3 is 0 Å². The first-order valence-electron chi connectivity index (χ1n) is 6.13. The first kappa shape index (κ1) is 10.6. The predicted octanol–water partition coefficient (Wildman–Crippen LogP) is 1.96. The van der Waals surface area contributed by atoms with Gasteiger partial charge in [0.05, 0.1) is 7.11 Å². The average molecular weight is 231 g/mol. The molecule has 3 heteroatoms. The normalized spacial score (nSPS) is 26.7. The van der Waals surface area contributed by atoms with E-state index in [1.807, 2.05) is 18.0 Å². The third kappa shape index (κ3) is 1.53. The number of methoxy groups -OCH3 is 1. The average Bonchev–Trinajstić information content (AvgIpc) is 2.65. The van der Waals surface area contributed by atoms with Crippen molar-refractivity contribution in [3.05, 3.63) is 29.3 Å². The first-order chi connectivity index (χ1) is 8.20. The zero-order valence-electron chi connectivity index (χ0n) is 10.3. The molecule has 90 valence electrons. The van der Waals surface area contributed by atoms with Crippen molar-refractivity contribution in [2.75, 3.05) is 14.2 Å². The van der Waals surface area contributed by atoms with E-state index in [1.54, 1.807) is 7.11 Å². The Labute approximate surface area is 101 Å². The molecule has 1 aliphatic carbocycles. The van der Waals surface area contributed by atoms with Gasteiger partial charge in [-0.05, 0) is 36.1 Å². The van der Waals surface area contributed by atoms with Crippen LogP contribution in [0.2, 0.25) is 0 Å². The number of rotatable bonds is 1. The van der Waals surface area contributed by atoms with E-state index in [4.69, 9.17) is 4.74 Å². The van der Waals surface area contributed by atoms with Gasteiger partial charge in [0.2, 0.25) is 5.91 Å². The number of hydrogen-bond donors (Lipinski definition) is 0. The molecule has 2 aliphatic rings. The zero-order chi connectivity index (χ0) is 12.0. The molecule has 1 fully saturated rings. The fraction of sp³-hybridized carbons (Fsp3) is 0.500. The summed E-state index contributed by atoms with van der Waals surface area (Å²) in [6, 6.07) is 6.66. The minimum absolute atomic E-state index is 0.274. The Bertz CT molecular complexity index is 469. The fourth-order valence-electron chi connectivity index (χ4n) is 3.21. The van der Waals surface area contributed by atoms with Gasteiger partial charge in [0, 0.05) is 25.4 Å². The maximum Gasteiger partial charge on any atom is 0.223 e. The van der Waals surface area contributed by atoms with Gasteiger partial charge in [0.1, 0.15) is 5.75 Å². The fourth-order valence-corrected chi connectivity index (χ4v) is 3.21. The summed E-state index contributed by atoms with van der Waals surface area (Å²) >= 11 is 0. The van der Waals surface area contributed by atoms with Crippen molar-refractivity contribution < 1.29 is 9.53 Å². The SMILES string of the molecule is COc1ccc2c(c1)[C@H]1CC(=O)N(C)[C@H]1CC2. The number of likely N-dealkylation sites (N-methyl/N-ethyl adjacent to an activating group) is 1. The number of ether oxygens (including phenoxy) is 1. The second-order valence-corrected chi connectivity index (χ2v) is 4.99. The molecule has 1 aromatic rings. The van der Waals surface area contributed by atoms with Gasteiger partial charge in [-0.15, -0.1) is 0 Å². The lowest BCUT2D eigenvalue weighted by Crippen LogP contribution is -2.33. The monoisotopic (exact) mass is 231 g/mol. The molecule has 1 aromatic carbocycles. The minimum atomic E-state index is 0.274. The molecular formula is C14H17NO2. The lowest BCUT2D eigenvalue weighted by molar-refractivity contribution is -0.127. The number of benzene rings is 1. The van der Waals surface area contributed by atoms with Gasteiger partial charge in [-0.25, -0.2) is 0 Å². The number of aryl methyl sites for hydroxylation is 1. The molecule has 0 bridgehead atoms. The summed E-state index contributed by atoms with van der Waals surface area (Å²) in [7, 11) is 3.62. The highest BCUT2D eigenvalue weighted by atomic mass is 16.5. The summed E-state index contributed by atoms with van der Waals surface area (Å²) in [5.41, 5.74) is 2.70. The molecule has 0 saturated carbocycles. The van der Waals surface area contributed by atoms with Crippen LogP contribution in [0.1, 0.15) is 29.9 Å². The van der Waals surface area contributed by atoms with E-state index in [-0.39, 0.29) is 5.91 Å². The van der Waals surface area contributed by atoms with Gasteiger partial charge in [0.15, 0.2) is 0 Å². The van der Waals surface area contributed by atoms with E-state index >= 15 is 0 Å². The van der Waals surface area contributed by atoms with E-state index < -0.39 is 0 Å². The number of carbonyl (C=O) groups excluding carboxylic acids is 1. The van der Waals surface area contributed by atoms with E-state index in [2.05, 4.69) is 12.1 Å². The van der Waals surface area contributed by atoms with Crippen LogP contribution >= 0.6 is 0 Å². The van der Waals surface area contributed by atoms with Crippen molar-refractivity contribution in [3.8, 4) is 5.75 Å². The summed E-state index contributed by atoms with van der Waals surface area (Å²) in [4.78, 5) is 13.7.